The number of hydrogen-bond donors (Lipinski definition) is 0. The Morgan fingerprint density at radius 3 is 2.72 bits per heavy atom. The van der Waals surface area contributed by atoms with Gasteiger partial charge in [-0.05, 0) is 30.7 Å². The van der Waals surface area contributed by atoms with E-state index >= 15 is 0 Å². The fraction of sp³-hybridized carbons (Fsp3) is 0.364. The Balaban J connectivity index is 1.94. The van der Waals surface area contributed by atoms with Crippen molar-refractivity contribution in [3.05, 3.63) is 64.7 Å². The lowest BCUT2D eigenvalue weighted by atomic mass is 10.1. The van der Waals surface area contributed by atoms with Crippen LogP contribution in [0.3, 0.4) is 0 Å². The second-order valence-corrected chi connectivity index (χ2v) is 8.21. The third-order valence-corrected chi connectivity index (χ3v) is 6.39. The number of methoxy groups -OCH3 is 1. The highest BCUT2D eigenvalue weighted by Crippen LogP contribution is 2.44. The molecule has 3 rings (SSSR count). The lowest BCUT2D eigenvalue weighted by Crippen LogP contribution is -2.44. The van der Waals surface area contributed by atoms with Crippen LogP contribution in [0.2, 0.25) is 5.02 Å². The van der Waals surface area contributed by atoms with E-state index in [1.807, 2.05) is 25.1 Å². The van der Waals surface area contributed by atoms with Crippen LogP contribution in [0, 0.1) is 0 Å². The average molecular weight is 434 g/mol. The number of carbonyl (C=O) groups is 2. The average Bonchev–Trinajstić information content (AvgIpc) is 3.18. The van der Waals surface area contributed by atoms with Gasteiger partial charge in [0.2, 0.25) is 0 Å². The van der Waals surface area contributed by atoms with Crippen molar-refractivity contribution in [1.29, 1.82) is 0 Å². The monoisotopic (exact) mass is 433 g/mol. The molecule has 1 aliphatic heterocycles. The Labute approximate surface area is 180 Å². The molecule has 0 radical (unpaired) electrons. The van der Waals surface area contributed by atoms with E-state index in [4.69, 9.17) is 21.1 Å². The highest BCUT2D eigenvalue weighted by molar-refractivity contribution is 7.99. The first-order valence-corrected chi connectivity index (χ1v) is 11.0. The number of unbranched alkanes of at least 4 members (excludes halogenated alkanes) is 1. The molecule has 0 N–H and O–H groups in total. The Bertz CT molecular complexity index is 875. The fourth-order valence-electron chi connectivity index (χ4n) is 3.17. The fourth-order valence-corrected chi connectivity index (χ4v) is 4.92. The van der Waals surface area contributed by atoms with Crippen LogP contribution in [0.1, 0.15) is 41.1 Å². The van der Waals surface area contributed by atoms with Crippen LogP contribution in [-0.2, 0) is 9.53 Å². The number of carbonyl (C=O) groups excluding carboxylic acids is 2. The molecule has 2 aromatic rings. The topological polar surface area (TPSA) is 55.8 Å². The van der Waals surface area contributed by atoms with Gasteiger partial charge >= 0.3 is 5.97 Å². The van der Waals surface area contributed by atoms with E-state index in [1.54, 1.807) is 42.3 Å². The second-order valence-electron chi connectivity index (χ2n) is 6.69. The molecule has 7 heteroatoms. The SMILES string of the molecule is CCCCOC(=O)C1CSC(c2ccccc2Cl)N1C(=O)c1cccc(OC)c1. The third kappa shape index (κ3) is 4.87. The van der Waals surface area contributed by atoms with Gasteiger partial charge in [0, 0.05) is 21.9 Å². The van der Waals surface area contributed by atoms with Crippen molar-refractivity contribution in [3.8, 4) is 5.75 Å². The quantitative estimate of drug-likeness (QED) is 0.457. The van der Waals surface area contributed by atoms with Gasteiger partial charge in [-0.1, -0.05) is 49.2 Å². The number of ether oxygens (including phenoxy) is 2. The van der Waals surface area contributed by atoms with Crippen molar-refractivity contribution in [2.24, 2.45) is 0 Å². The van der Waals surface area contributed by atoms with Crippen LogP contribution >= 0.6 is 23.4 Å². The first-order chi connectivity index (χ1) is 14.1. The molecular formula is C22H24ClNO4S. The molecule has 2 aromatic carbocycles. The number of hydrogen-bond acceptors (Lipinski definition) is 5. The summed E-state index contributed by atoms with van der Waals surface area (Å²) in [7, 11) is 1.55. The van der Waals surface area contributed by atoms with Crippen molar-refractivity contribution in [1.82, 2.24) is 4.90 Å². The predicted molar refractivity (Wildman–Crippen MR) is 115 cm³/mol. The van der Waals surface area contributed by atoms with Gasteiger partial charge in [0.05, 0.1) is 13.7 Å². The number of halogens is 1. The van der Waals surface area contributed by atoms with Gasteiger partial charge in [-0.15, -0.1) is 11.8 Å². The van der Waals surface area contributed by atoms with Gasteiger partial charge in [0.15, 0.2) is 0 Å². The zero-order valence-electron chi connectivity index (χ0n) is 16.5. The summed E-state index contributed by atoms with van der Waals surface area (Å²) in [6.45, 7) is 2.39. The van der Waals surface area contributed by atoms with Crippen LogP contribution in [0.15, 0.2) is 48.5 Å². The van der Waals surface area contributed by atoms with Crippen molar-refractivity contribution < 1.29 is 19.1 Å². The van der Waals surface area contributed by atoms with E-state index in [9.17, 15) is 9.59 Å². The molecule has 5 nitrogen and oxygen atoms in total. The minimum atomic E-state index is -0.670. The molecule has 1 fully saturated rings. The number of nitrogens with zero attached hydrogens (tertiary/aromatic N) is 1. The number of esters is 1. The second kappa shape index (κ2) is 10.0. The lowest BCUT2D eigenvalue weighted by Gasteiger charge is -2.29. The molecule has 154 valence electrons. The van der Waals surface area contributed by atoms with E-state index in [1.165, 1.54) is 11.8 Å². The minimum absolute atomic E-state index is 0.253. The van der Waals surface area contributed by atoms with E-state index in [0.29, 0.717) is 28.7 Å². The molecule has 2 unspecified atom stereocenters. The molecule has 1 aliphatic rings. The standard InChI is InChI=1S/C22H24ClNO4S/c1-3-4-12-28-22(26)19-14-29-21(17-10-5-6-11-18(17)23)24(19)20(25)15-8-7-9-16(13-15)27-2/h5-11,13,19,21H,3-4,12,14H2,1-2H3. The van der Waals surface area contributed by atoms with Crippen molar-refractivity contribution in [2.75, 3.05) is 19.5 Å². The van der Waals surface area contributed by atoms with Crippen molar-refractivity contribution in [2.45, 2.75) is 31.2 Å². The summed E-state index contributed by atoms with van der Waals surface area (Å²) in [4.78, 5) is 27.8. The molecule has 29 heavy (non-hydrogen) atoms. The number of benzene rings is 2. The van der Waals surface area contributed by atoms with Gasteiger partial charge in [-0.3, -0.25) is 4.79 Å². The summed E-state index contributed by atoms with van der Waals surface area (Å²) in [5.74, 6) is 0.406. The number of thioether (sulfide) groups is 1. The Kier molecular flexibility index (Phi) is 7.45. The molecule has 0 aliphatic carbocycles. The molecule has 0 spiro atoms. The normalized spacial score (nSPS) is 18.5. The van der Waals surface area contributed by atoms with Crippen LogP contribution in [0.4, 0.5) is 0 Å². The predicted octanol–water partition coefficient (Wildman–Crippen LogP) is 4.95. The minimum Gasteiger partial charge on any atom is -0.497 e. The molecule has 1 amide bonds. The van der Waals surface area contributed by atoms with Crippen LogP contribution in [-0.4, -0.2) is 42.3 Å². The van der Waals surface area contributed by atoms with Crippen molar-refractivity contribution >= 4 is 35.2 Å². The van der Waals surface area contributed by atoms with E-state index in [2.05, 4.69) is 0 Å². The zero-order chi connectivity index (χ0) is 20.8. The molecule has 1 heterocycles. The van der Waals surface area contributed by atoms with Crippen LogP contribution < -0.4 is 4.74 Å². The maximum Gasteiger partial charge on any atom is 0.329 e. The summed E-state index contributed by atoms with van der Waals surface area (Å²) in [6, 6.07) is 13.7. The number of rotatable bonds is 7. The van der Waals surface area contributed by atoms with Gasteiger partial charge in [0.1, 0.15) is 17.2 Å². The Morgan fingerprint density at radius 1 is 1.21 bits per heavy atom. The summed E-state index contributed by atoms with van der Waals surface area (Å²) in [5.41, 5.74) is 1.26. The molecule has 0 aromatic heterocycles. The van der Waals surface area contributed by atoms with E-state index in [0.717, 1.165) is 18.4 Å². The Hall–Kier alpha value is -2.18. The summed E-state index contributed by atoms with van der Waals surface area (Å²) >= 11 is 7.93. The summed E-state index contributed by atoms with van der Waals surface area (Å²) in [6.07, 6.45) is 1.73. The van der Waals surface area contributed by atoms with Crippen molar-refractivity contribution in [3.63, 3.8) is 0 Å². The van der Waals surface area contributed by atoms with E-state index < -0.39 is 6.04 Å². The molecule has 0 saturated carbocycles. The highest BCUT2D eigenvalue weighted by Gasteiger charge is 2.44. The molecule has 2 atom stereocenters. The first-order valence-electron chi connectivity index (χ1n) is 9.56. The highest BCUT2D eigenvalue weighted by atomic mass is 35.5. The van der Waals surface area contributed by atoms with Gasteiger partial charge < -0.3 is 14.4 Å². The van der Waals surface area contributed by atoms with Crippen LogP contribution in [0.5, 0.6) is 5.75 Å². The first kappa shape index (κ1) is 21.5. The zero-order valence-corrected chi connectivity index (χ0v) is 18.0. The summed E-state index contributed by atoms with van der Waals surface area (Å²) < 4.78 is 10.7. The van der Waals surface area contributed by atoms with Gasteiger partial charge in [-0.25, -0.2) is 4.79 Å². The van der Waals surface area contributed by atoms with Gasteiger partial charge in [-0.2, -0.15) is 0 Å². The van der Waals surface area contributed by atoms with Gasteiger partial charge in [0.25, 0.3) is 5.91 Å². The summed E-state index contributed by atoms with van der Waals surface area (Å²) in [5, 5.41) is 0.194. The largest absolute Gasteiger partial charge is 0.497 e. The third-order valence-electron chi connectivity index (χ3n) is 4.74. The molecule has 1 saturated heterocycles. The lowest BCUT2D eigenvalue weighted by molar-refractivity contribution is -0.148. The molecule has 0 bridgehead atoms. The van der Waals surface area contributed by atoms with Crippen LogP contribution in [0.25, 0.3) is 0 Å². The van der Waals surface area contributed by atoms with E-state index in [-0.39, 0.29) is 17.3 Å². The number of amides is 1. The maximum atomic E-state index is 13.5. The molecular weight excluding hydrogens is 410 g/mol. The Morgan fingerprint density at radius 2 is 2.00 bits per heavy atom. The maximum absolute atomic E-state index is 13.5. The smallest absolute Gasteiger partial charge is 0.329 e.